The summed E-state index contributed by atoms with van der Waals surface area (Å²) in [4.78, 5) is 29.5. The van der Waals surface area contributed by atoms with Gasteiger partial charge in [-0.25, -0.2) is 0 Å². The summed E-state index contributed by atoms with van der Waals surface area (Å²) in [5.41, 5.74) is 2.72. The van der Waals surface area contributed by atoms with E-state index in [9.17, 15) is 9.59 Å². The predicted molar refractivity (Wildman–Crippen MR) is 132 cm³/mol. The van der Waals surface area contributed by atoms with Crippen molar-refractivity contribution >= 4 is 11.8 Å². The zero-order valence-corrected chi connectivity index (χ0v) is 20.8. The molecule has 8 nitrogen and oxygen atoms in total. The fourth-order valence-corrected chi connectivity index (χ4v) is 4.64. The van der Waals surface area contributed by atoms with Gasteiger partial charge in [-0.1, -0.05) is 0 Å². The molecular weight excluding hydrogens is 448 g/mol. The molecule has 1 saturated heterocycles. The lowest BCUT2D eigenvalue weighted by atomic mass is 9.98. The maximum Gasteiger partial charge on any atom is 0.260 e. The fourth-order valence-electron chi connectivity index (χ4n) is 4.64. The van der Waals surface area contributed by atoms with Crippen molar-refractivity contribution in [2.24, 2.45) is 0 Å². The first-order chi connectivity index (χ1) is 17.0. The summed E-state index contributed by atoms with van der Waals surface area (Å²) in [6.07, 6.45) is 3.97. The molecule has 2 amide bonds. The molecule has 8 heteroatoms. The Morgan fingerprint density at radius 1 is 0.800 bits per heavy atom. The SMILES string of the molecule is CCOc1cc(C(=O)N2CCc3cc(OC)c(OC)cc3C2)ccc1OCC(=O)N1CCCCC1. The molecule has 35 heavy (non-hydrogen) atoms. The quantitative estimate of drug-likeness (QED) is 0.571. The fraction of sp³-hybridized carbons (Fsp3) is 0.481. The third-order valence-electron chi connectivity index (χ3n) is 6.56. The van der Waals surface area contributed by atoms with E-state index in [0.29, 0.717) is 48.3 Å². The van der Waals surface area contributed by atoms with Crippen LogP contribution >= 0.6 is 0 Å². The highest BCUT2D eigenvalue weighted by molar-refractivity contribution is 5.95. The molecule has 0 unspecified atom stereocenters. The number of amides is 2. The number of carbonyl (C=O) groups is 2. The van der Waals surface area contributed by atoms with Gasteiger partial charge in [-0.3, -0.25) is 9.59 Å². The molecule has 0 N–H and O–H groups in total. The molecular formula is C27H34N2O6. The predicted octanol–water partition coefficient (Wildman–Crippen LogP) is 3.69. The summed E-state index contributed by atoms with van der Waals surface area (Å²) in [6, 6.07) is 9.08. The molecule has 1 fully saturated rings. The van der Waals surface area contributed by atoms with Gasteiger partial charge in [0.2, 0.25) is 0 Å². The van der Waals surface area contributed by atoms with E-state index in [1.807, 2.05) is 28.9 Å². The average Bonchev–Trinajstić information content (AvgIpc) is 2.91. The highest BCUT2D eigenvalue weighted by Gasteiger charge is 2.25. The highest BCUT2D eigenvalue weighted by atomic mass is 16.5. The number of ether oxygens (including phenoxy) is 4. The van der Waals surface area contributed by atoms with Crippen molar-refractivity contribution in [3.8, 4) is 23.0 Å². The first kappa shape index (κ1) is 24.7. The smallest absolute Gasteiger partial charge is 0.260 e. The van der Waals surface area contributed by atoms with E-state index in [4.69, 9.17) is 18.9 Å². The largest absolute Gasteiger partial charge is 0.493 e. The van der Waals surface area contributed by atoms with E-state index >= 15 is 0 Å². The highest BCUT2D eigenvalue weighted by Crippen LogP contribution is 2.34. The van der Waals surface area contributed by atoms with Crippen LogP contribution in [0.1, 0.15) is 47.7 Å². The Morgan fingerprint density at radius 2 is 1.51 bits per heavy atom. The van der Waals surface area contributed by atoms with E-state index in [2.05, 4.69) is 0 Å². The Balaban J connectivity index is 1.46. The Kier molecular flexibility index (Phi) is 8.00. The molecule has 188 valence electrons. The Hall–Kier alpha value is -3.42. The number of fused-ring (bicyclic) bond motifs is 1. The van der Waals surface area contributed by atoms with Crippen molar-refractivity contribution < 1.29 is 28.5 Å². The standard InChI is InChI=1S/C27H34N2O6/c1-4-34-25-15-20(8-9-22(25)35-18-26(30)28-11-6-5-7-12-28)27(31)29-13-10-19-14-23(32-2)24(33-3)16-21(19)17-29/h8-9,14-16H,4-7,10-13,17-18H2,1-3H3. The third kappa shape index (κ3) is 5.63. The zero-order chi connectivity index (χ0) is 24.8. The van der Waals surface area contributed by atoms with Crippen molar-refractivity contribution in [3.05, 3.63) is 47.0 Å². The number of hydrogen-bond acceptors (Lipinski definition) is 6. The van der Waals surface area contributed by atoms with Gasteiger partial charge in [-0.2, -0.15) is 0 Å². The van der Waals surface area contributed by atoms with Crippen LogP contribution in [0.4, 0.5) is 0 Å². The lowest BCUT2D eigenvalue weighted by Gasteiger charge is -2.30. The summed E-state index contributed by atoms with van der Waals surface area (Å²) in [5.74, 6) is 2.18. The minimum atomic E-state index is -0.0812. The van der Waals surface area contributed by atoms with Crippen LogP contribution < -0.4 is 18.9 Å². The van der Waals surface area contributed by atoms with Crippen LogP contribution in [0, 0.1) is 0 Å². The molecule has 0 radical (unpaired) electrons. The van der Waals surface area contributed by atoms with Gasteiger partial charge in [0.25, 0.3) is 11.8 Å². The Morgan fingerprint density at radius 3 is 2.20 bits per heavy atom. The van der Waals surface area contributed by atoms with E-state index in [1.54, 1.807) is 32.4 Å². The minimum absolute atomic E-state index is 0.0219. The Labute approximate surface area is 206 Å². The second kappa shape index (κ2) is 11.3. The number of methoxy groups -OCH3 is 2. The molecule has 0 aromatic heterocycles. The van der Waals surface area contributed by atoms with Crippen molar-refractivity contribution in [1.29, 1.82) is 0 Å². The third-order valence-corrected chi connectivity index (χ3v) is 6.56. The van der Waals surface area contributed by atoms with Crippen molar-refractivity contribution in [2.75, 3.05) is 47.1 Å². The van der Waals surface area contributed by atoms with Gasteiger partial charge in [-0.05, 0) is 74.1 Å². The van der Waals surface area contributed by atoms with E-state index in [0.717, 1.165) is 43.5 Å². The first-order valence-electron chi connectivity index (χ1n) is 12.2. The van der Waals surface area contributed by atoms with Crippen molar-refractivity contribution in [1.82, 2.24) is 9.80 Å². The normalized spacial score (nSPS) is 15.3. The maximum atomic E-state index is 13.3. The zero-order valence-electron chi connectivity index (χ0n) is 20.8. The summed E-state index contributed by atoms with van der Waals surface area (Å²) >= 11 is 0. The van der Waals surface area contributed by atoms with Gasteiger partial charge in [0, 0.05) is 31.7 Å². The number of carbonyl (C=O) groups excluding carboxylic acids is 2. The summed E-state index contributed by atoms with van der Waals surface area (Å²) in [7, 11) is 3.23. The van der Waals surface area contributed by atoms with Crippen LogP contribution in [-0.4, -0.2) is 68.7 Å². The van der Waals surface area contributed by atoms with Gasteiger partial charge in [0.15, 0.2) is 29.6 Å². The average molecular weight is 483 g/mol. The molecule has 4 rings (SSSR count). The molecule has 0 atom stereocenters. The van der Waals surface area contributed by atoms with Gasteiger partial charge >= 0.3 is 0 Å². The van der Waals surface area contributed by atoms with Crippen LogP contribution in [0.25, 0.3) is 0 Å². The number of likely N-dealkylation sites (tertiary alicyclic amines) is 1. The second-order valence-electron chi connectivity index (χ2n) is 8.78. The van der Waals surface area contributed by atoms with E-state index in [1.165, 1.54) is 6.42 Å². The summed E-state index contributed by atoms with van der Waals surface area (Å²) in [6.45, 7) is 4.92. The number of nitrogens with zero attached hydrogens (tertiary/aromatic N) is 2. The lowest BCUT2D eigenvalue weighted by Crippen LogP contribution is -2.38. The monoisotopic (exact) mass is 482 g/mol. The first-order valence-corrected chi connectivity index (χ1v) is 12.2. The van der Waals surface area contributed by atoms with Gasteiger partial charge in [0.05, 0.1) is 20.8 Å². The second-order valence-corrected chi connectivity index (χ2v) is 8.78. The summed E-state index contributed by atoms with van der Waals surface area (Å²) < 4.78 is 22.4. The molecule has 2 aliphatic heterocycles. The van der Waals surface area contributed by atoms with E-state index in [-0.39, 0.29) is 18.4 Å². The maximum absolute atomic E-state index is 13.3. The van der Waals surface area contributed by atoms with Crippen LogP contribution in [0.5, 0.6) is 23.0 Å². The number of rotatable bonds is 8. The molecule has 2 aromatic carbocycles. The van der Waals surface area contributed by atoms with Gasteiger partial charge in [-0.15, -0.1) is 0 Å². The minimum Gasteiger partial charge on any atom is -0.493 e. The van der Waals surface area contributed by atoms with Crippen LogP contribution in [0.3, 0.4) is 0 Å². The van der Waals surface area contributed by atoms with Gasteiger partial charge < -0.3 is 28.7 Å². The number of hydrogen-bond donors (Lipinski definition) is 0. The lowest BCUT2D eigenvalue weighted by molar-refractivity contribution is -0.134. The molecule has 0 spiro atoms. The number of benzene rings is 2. The van der Waals surface area contributed by atoms with Gasteiger partial charge in [0.1, 0.15) is 0 Å². The Bertz CT molecular complexity index is 1060. The van der Waals surface area contributed by atoms with Crippen molar-refractivity contribution in [3.63, 3.8) is 0 Å². The molecule has 0 aliphatic carbocycles. The molecule has 2 aliphatic rings. The molecule has 2 aromatic rings. The van der Waals surface area contributed by atoms with Crippen molar-refractivity contribution in [2.45, 2.75) is 39.2 Å². The van der Waals surface area contributed by atoms with E-state index < -0.39 is 0 Å². The van der Waals surface area contributed by atoms with Crippen LogP contribution in [0.15, 0.2) is 30.3 Å². The molecule has 2 heterocycles. The molecule has 0 saturated carbocycles. The van der Waals surface area contributed by atoms with Crippen LogP contribution in [-0.2, 0) is 17.8 Å². The topological polar surface area (TPSA) is 77.5 Å². The molecule has 0 bridgehead atoms. The van der Waals surface area contributed by atoms with Crippen LogP contribution in [0.2, 0.25) is 0 Å². The summed E-state index contributed by atoms with van der Waals surface area (Å²) in [5, 5.41) is 0. The number of piperidine rings is 1.